The summed E-state index contributed by atoms with van der Waals surface area (Å²) in [5, 5.41) is 12.4. The normalized spacial score (nSPS) is 19.6. The van der Waals surface area contributed by atoms with Crippen molar-refractivity contribution in [2.24, 2.45) is 11.8 Å². The Hall–Kier alpha value is -2.27. The first kappa shape index (κ1) is 20.5. The summed E-state index contributed by atoms with van der Waals surface area (Å²) in [5.41, 5.74) is 1.86. The highest BCUT2D eigenvalue weighted by atomic mass is 19.1. The van der Waals surface area contributed by atoms with Crippen LogP contribution in [-0.2, 0) is 4.79 Å². The van der Waals surface area contributed by atoms with E-state index in [1.807, 2.05) is 0 Å². The lowest BCUT2D eigenvalue weighted by molar-refractivity contribution is -0.126. The Kier molecular flexibility index (Phi) is 7.15. The van der Waals surface area contributed by atoms with Crippen LogP contribution in [0.4, 0.5) is 8.78 Å². The van der Waals surface area contributed by atoms with Gasteiger partial charge in [-0.1, -0.05) is 30.7 Å². The third kappa shape index (κ3) is 5.38. The van der Waals surface area contributed by atoms with Gasteiger partial charge in [0.05, 0.1) is 0 Å². The highest BCUT2D eigenvalue weighted by Gasteiger charge is 2.26. The molecule has 0 bridgehead atoms. The standard InChI is InChI=1S/C23H27F2NO2/c24-20-8-4-17(5-9-20)22(18-6-10-21(25)11-7-18)12-13-26-23(28)19-3-1-2-16(14-19)15-27/h4-11,16,19,22,27H,1-3,12-15H2,(H,26,28)/t16-,19+/m0/s1. The average Bonchev–Trinajstić information content (AvgIpc) is 2.73. The third-order valence-electron chi connectivity index (χ3n) is 5.69. The van der Waals surface area contributed by atoms with Gasteiger partial charge in [0.2, 0.25) is 5.91 Å². The number of carbonyl (C=O) groups excluding carboxylic acids is 1. The van der Waals surface area contributed by atoms with Crippen LogP contribution >= 0.6 is 0 Å². The van der Waals surface area contributed by atoms with Crippen LogP contribution in [0.3, 0.4) is 0 Å². The zero-order chi connectivity index (χ0) is 19.9. The second kappa shape index (κ2) is 9.78. The minimum Gasteiger partial charge on any atom is -0.396 e. The van der Waals surface area contributed by atoms with Gasteiger partial charge in [0.25, 0.3) is 0 Å². The van der Waals surface area contributed by atoms with Gasteiger partial charge in [0.1, 0.15) is 11.6 Å². The molecule has 5 heteroatoms. The molecule has 2 aromatic rings. The van der Waals surface area contributed by atoms with Gasteiger partial charge in [-0.05, 0) is 67.0 Å². The van der Waals surface area contributed by atoms with E-state index in [-0.39, 0.29) is 41.9 Å². The van der Waals surface area contributed by atoms with E-state index in [1.54, 1.807) is 24.3 Å². The van der Waals surface area contributed by atoms with Crippen LogP contribution in [0.15, 0.2) is 48.5 Å². The topological polar surface area (TPSA) is 49.3 Å². The van der Waals surface area contributed by atoms with E-state index in [0.717, 1.165) is 36.8 Å². The molecule has 1 saturated carbocycles. The molecule has 2 N–H and O–H groups in total. The maximum absolute atomic E-state index is 13.3. The Morgan fingerprint density at radius 3 is 2.11 bits per heavy atom. The molecule has 0 saturated heterocycles. The molecule has 0 unspecified atom stereocenters. The van der Waals surface area contributed by atoms with Crippen molar-refractivity contribution in [3.05, 3.63) is 71.3 Å². The fourth-order valence-electron chi connectivity index (χ4n) is 4.09. The monoisotopic (exact) mass is 387 g/mol. The number of hydrogen-bond donors (Lipinski definition) is 2. The lowest BCUT2D eigenvalue weighted by Crippen LogP contribution is -2.35. The molecule has 0 radical (unpaired) electrons. The molecule has 0 heterocycles. The lowest BCUT2D eigenvalue weighted by Gasteiger charge is -2.27. The number of aliphatic hydroxyl groups is 1. The van der Waals surface area contributed by atoms with E-state index in [0.29, 0.717) is 13.0 Å². The second-order valence-electron chi connectivity index (χ2n) is 7.65. The van der Waals surface area contributed by atoms with Gasteiger partial charge < -0.3 is 10.4 Å². The Labute approximate surface area is 164 Å². The maximum Gasteiger partial charge on any atom is 0.223 e. The molecule has 150 valence electrons. The predicted molar refractivity (Wildman–Crippen MR) is 105 cm³/mol. The first-order valence-electron chi connectivity index (χ1n) is 9.96. The minimum atomic E-state index is -0.300. The SMILES string of the molecule is O=C(NCCC(c1ccc(F)cc1)c1ccc(F)cc1)[C@@H]1CCC[C@H](CO)C1. The van der Waals surface area contributed by atoms with Crippen LogP contribution in [0.1, 0.15) is 49.1 Å². The van der Waals surface area contributed by atoms with E-state index in [2.05, 4.69) is 5.32 Å². The van der Waals surface area contributed by atoms with E-state index < -0.39 is 0 Å². The van der Waals surface area contributed by atoms with Crippen molar-refractivity contribution in [1.82, 2.24) is 5.32 Å². The third-order valence-corrected chi connectivity index (χ3v) is 5.69. The molecule has 3 nitrogen and oxygen atoms in total. The highest BCUT2D eigenvalue weighted by Crippen LogP contribution is 2.30. The molecule has 3 rings (SSSR count). The average molecular weight is 387 g/mol. The largest absolute Gasteiger partial charge is 0.396 e. The highest BCUT2D eigenvalue weighted by molar-refractivity contribution is 5.78. The summed E-state index contributed by atoms with van der Waals surface area (Å²) in [4.78, 5) is 12.5. The Balaban J connectivity index is 1.64. The quantitative estimate of drug-likeness (QED) is 0.740. The molecular weight excluding hydrogens is 360 g/mol. The van der Waals surface area contributed by atoms with Gasteiger partial charge >= 0.3 is 0 Å². The number of rotatable bonds is 7. The molecule has 0 aromatic heterocycles. The van der Waals surface area contributed by atoms with Crippen LogP contribution in [0.2, 0.25) is 0 Å². The Morgan fingerprint density at radius 2 is 1.57 bits per heavy atom. The van der Waals surface area contributed by atoms with Crippen molar-refractivity contribution in [3.63, 3.8) is 0 Å². The van der Waals surface area contributed by atoms with Crippen LogP contribution in [0, 0.1) is 23.5 Å². The molecule has 2 aromatic carbocycles. The molecule has 0 aliphatic heterocycles. The summed E-state index contributed by atoms with van der Waals surface area (Å²) in [6.45, 7) is 0.625. The van der Waals surface area contributed by atoms with Gasteiger partial charge in [-0.3, -0.25) is 4.79 Å². The molecule has 1 aliphatic carbocycles. The summed E-state index contributed by atoms with van der Waals surface area (Å²) in [7, 11) is 0. The summed E-state index contributed by atoms with van der Waals surface area (Å²) >= 11 is 0. The fourth-order valence-corrected chi connectivity index (χ4v) is 4.09. The van der Waals surface area contributed by atoms with E-state index in [4.69, 9.17) is 0 Å². The maximum atomic E-state index is 13.3. The number of hydrogen-bond acceptors (Lipinski definition) is 2. The van der Waals surface area contributed by atoms with E-state index in [9.17, 15) is 18.7 Å². The number of halogens is 2. The van der Waals surface area contributed by atoms with Crippen molar-refractivity contribution < 1.29 is 18.7 Å². The molecule has 1 aliphatic rings. The van der Waals surface area contributed by atoms with Gasteiger partial charge in [-0.15, -0.1) is 0 Å². The Morgan fingerprint density at radius 1 is 1.00 bits per heavy atom. The number of carbonyl (C=O) groups is 1. The van der Waals surface area contributed by atoms with Crippen molar-refractivity contribution in [3.8, 4) is 0 Å². The van der Waals surface area contributed by atoms with Crippen LogP contribution in [0.25, 0.3) is 0 Å². The molecule has 1 fully saturated rings. The van der Waals surface area contributed by atoms with Gasteiger partial charge in [0, 0.05) is 25.0 Å². The molecule has 28 heavy (non-hydrogen) atoms. The first-order valence-corrected chi connectivity index (χ1v) is 9.96. The van der Waals surface area contributed by atoms with Crippen molar-refractivity contribution >= 4 is 5.91 Å². The van der Waals surface area contributed by atoms with E-state index in [1.165, 1.54) is 24.3 Å². The number of aliphatic hydroxyl groups excluding tert-OH is 1. The molecular formula is C23H27F2NO2. The summed E-state index contributed by atoms with van der Waals surface area (Å²) < 4.78 is 26.6. The van der Waals surface area contributed by atoms with E-state index >= 15 is 0 Å². The van der Waals surface area contributed by atoms with Crippen molar-refractivity contribution in [2.45, 2.75) is 38.0 Å². The lowest BCUT2D eigenvalue weighted by atomic mass is 9.81. The Bertz CT molecular complexity index is 716. The summed E-state index contributed by atoms with van der Waals surface area (Å²) in [6, 6.07) is 12.6. The number of amides is 1. The summed E-state index contributed by atoms with van der Waals surface area (Å²) in [5.74, 6) is -0.443. The smallest absolute Gasteiger partial charge is 0.223 e. The van der Waals surface area contributed by atoms with Crippen LogP contribution in [0.5, 0.6) is 0 Å². The predicted octanol–water partition coefficient (Wildman–Crippen LogP) is 4.40. The number of benzene rings is 2. The fraction of sp³-hybridized carbons (Fsp3) is 0.435. The number of nitrogens with one attached hydrogen (secondary N) is 1. The zero-order valence-electron chi connectivity index (χ0n) is 15.9. The molecule has 0 spiro atoms. The van der Waals surface area contributed by atoms with Gasteiger partial charge in [-0.25, -0.2) is 8.78 Å². The van der Waals surface area contributed by atoms with Gasteiger partial charge in [-0.2, -0.15) is 0 Å². The van der Waals surface area contributed by atoms with Gasteiger partial charge in [0.15, 0.2) is 0 Å². The molecule has 2 atom stereocenters. The second-order valence-corrected chi connectivity index (χ2v) is 7.65. The van der Waals surface area contributed by atoms with Crippen LogP contribution < -0.4 is 5.32 Å². The van der Waals surface area contributed by atoms with Crippen LogP contribution in [-0.4, -0.2) is 24.2 Å². The first-order chi connectivity index (χ1) is 13.6. The zero-order valence-corrected chi connectivity index (χ0v) is 15.9. The minimum absolute atomic E-state index is 0.0371. The van der Waals surface area contributed by atoms with Crippen molar-refractivity contribution in [1.29, 1.82) is 0 Å². The molecule has 1 amide bonds. The van der Waals surface area contributed by atoms with Crippen molar-refractivity contribution in [2.75, 3.05) is 13.2 Å². The summed E-state index contributed by atoms with van der Waals surface area (Å²) in [6.07, 6.45) is 4.19.